The minimum Gasteiger partial charge on any atom is -0.466 e. The molecular formula is C11H17N5O4. The van der Waals surface area contributed by atoms with Gasteiger partial charge in [-0.05, 0) is 13.8 Å². The lowest BCUT2D eigenvalue weighted by atomic mass is 10.3. The van der Waals surface area contributed by atoms with Gasteiger partial charge in [-0.25, -0.2) is 4.98 Å². The smallest absolute Gasteiger partial charge is 0.332 e. The van der Waals surface area contributed by atoms with Gasteiger partial charge >= 0.3 is 11.7 Å². The van der Waals surface area contributed by atoms with Crippen molar-refractivity contribution in [2.75, 3.05) is 30.8 Å². The number of esters is 1. The predicted octanol–water partition coefficient (Wildman–Crippen LogP) is 1.10. The van der Waals surface area contributed by atoms with Crippen LogP contribution in [0.5, 0.6) is 0 Å². The second kappa shape index (κ2) is 7.22. The van der Waals surface area contributed by atoms with Crippen LogP contribution < -0.4 is 10.6 Å². The quantitative estimate of drug-likeness (QED) is 0.433. The average Bonchev–Trinajstić information content (AvgIpc) is 2.37. The normalized spacial score (nSPS) is 9.95. The van der Waals surface area contributed by atoms with E-state index in [9.17, 15) is 14.9 Å². The Hall–Kier alpha value is -2.45. The molecule has 0 unspecified atom stereocenters. The van der Waals surface area contributed by atoms with E-state index in [1.807, 2.05) is 0 Å². The summed E-state index contributed by atoms with van der Waals surface area (Å²) < 4.78 is 4.77. The summed E-state index contributed by atoms with van der Waals surface area (Å²) in [6.45, 7) is 3.73. The molecule has 9 nitrogen and oxygen atoms in total. The minimum atomic E-state index is -0.554. The van der Waals surface area contributed by atoms with Gasteiger partial charge in [0.1, 0.15) is 5.69 Å². The SMILES string of the molecule is CCOC(=O)CCNc1nc(NC)nc(C)c1[N+](=O)[O-]. The first-order valence-corrected chi connectivity index (χ1v) is 6.09. The zero-order valence-electron chi connectivity index (χ0n) is 11.6. The summed E-state index contributed by atoms with van der Waals surface area (Å²) in [5, 5.41) is 16.5. The largest absolute Gasteiger partial charge is 0.466 e. The van der Waals surface area contributed by atoms with E-state index < -0.39 is 4.92 Å². The number of aromatic nitrogens is 2. The van der Waals surface area contributed by atoms with Crippen molar-refractivity contribution in [3.05, 3.63) is 15.8 Å². The third-order valence-electron chi connectivity index (χ3n) is 2.39. The van der Waals surface area contributed by atoms with Crippen molar-refractivity contribution in [2.24, 2.45) is 0 Å². The molecule has 2 N–H and O–H groups in total. The molecule has 0 aromatic carbocycles. The Morgan fingerprint density at radius 2 is 2.15 bits per heavy atom. The molecule has 110 valence electrons. The van der Waals surface area contributed by atoms with Crippen LogP contribution in [-0.2, 0) is 9.53 Å². The molecule has 1 rings (SSSR count). The van der Waals surface area contributed by atoms with Crippen LogP contribution in [0.3, 0.4) is 0 Å². The Morgan fingerprint density at radius 3 is 2.70 bits per heavy atom. The van der Waals surface area contributed by atoms with Crippen molar-refractivity contribution < 1.29 is 14.5 Å². The van der Waals surface area contributed by atoms with Gasteiger partial charge in [0.05, 0.1) is 18.0 Å². The maximum Gasteiger partial charge on any atom is 0.332 e. The number of anilines is 2. The van der Waals surface area contributed by atoms with Crippen LogP contribution in [0.4, 0.5) is 17.5 Å². The molecule has 0 aliphatic heterocycles. The van der Waals surface area contributed by atoms with Crippen molar-refractivity contribution in [3.8, 4) is 0 Å². The summed E-state index contributed by atoms with van der Waals surface area (Å²) in [7, 11) is 1.61. The van der Waals surface area contributed by atoms with Crippen molar-refractivity contribution in [2.45, 2.75) is 20.3 Å². The number of carbonyl (C=O) groups excluding carboxylic acids is 1. The van der Waals surface area contributed by atoms with Gasteiger partial charge in [-0.15, -0.1) is 0 Å². The van der Waals surface area contributed by atoms with Crippen molar-refractivity contribution in [3.63, 3.8) is 0 Å². The molecule has 9 heteroatoms. The Labute approximate surface area is 115 Å². The summed E-state index contributed by atoms with van der Waals surface area (Å²) >= 11 is 0. The first-order valence-electron chi connectivity index (χ1n) is 6.09. The number of nitro groups is 1. The fourth-order valence-corrected chi connectivity index (χ4v) is 1.54. The lowest BCUT2D eigenvalue weighted by molar-refractivity contribution is -0.385. The molecule has 0 bridgehead atoms. The molecule has 20 heavy (non-hydrogen) atoms. The molecule has 0 radical (unpaired) electrons. The van der Waals surface area contributed by atoms with E-state index in [-0.39, 0.29) is 42.1 Å². The van der Waals surface area contributed by atoms with Crippen LogP contribution in [0.15, 0.2) is 0 Å². The maximum absolute atomic E-state index is 11.2. The highest BCUT2D eigenvalue weighted by Gasteiger charge is 2.21. The Morgan fingerprint density at radius 1 is 1.45 bits per heavy atom. The number of nitrogens with zero attached hydrogens (tertiary/aromatic N) is 3. The summed E-state index contributed by atoms with van der Waals surface area (Å²) in [5.41, 5.74) is 0.0424. The molecule has 1 aromatic rings. The first kappa shape index (κ1) is 15.6. The molecule has 0 aliphatic rings. The van der Waals surface area contributed by atoms with Crippen molar-refractivity contribution >= 4 is 23.4 Å². The zero-order valence-corrected chi connectivity index (χ0v) is 11.6. The van der Waals surface area contributed by atoms with Crippen LogP contribution in [-0.4, -0.2) is 41.1 Å². The lowest BCUT2D eigenvalue weighted by Gasteiger charge is -2.09. The summed E-state index contributed by atoms with van der Waals surface area (Å²) in [4.78, 5) is 29.6. The van der Waals surface area contributed by atoms with Gasteiger partial charge in [-0.1, -0.05) is 0 Å². The Kier molecular flexibility index (Phi) is 5.63. The summed E-state index contributed by atoms with van der Waals surface area (Å²) in [6, 6.07) is 0. The van der Waals surface area contributed by atoms with Crippen LogP contribution >= 0.6 is 0 Å². The molecule has 0 amide bonds. The zero-order chi connectivity index (χ0) is 15.1. The molecule has 1 aromatic heterocycles. The second-order valence-corrected chi connectivity index (χ2v) is 3.82. The van der Waals surface area contributed by atoms with Crippen LogP contribution in [0.1, 0.15) is 19.0 Å². The number of carbonyl (C=O) groups is 1. The van der Waals surface area contributed by atoms with Crippen LogP contribution in [0.25, 0.3) is 0 Å². The van der Waals surface area contributed by atoms with Gasteiger partial charge in [0.2, 0.25) is 11.8 Å². The topological polar surface area (TPSA) is 119 Å². The third-order valence-corrected chi connectivity index (χ3v) is 2.39. The summed E-state index contributed by atoms with van der Waals surface area (Å²) in [5.74, 6) is -0.0230. The predicted molar refractivity (Wildman–Crippen MR) is 72.7 cm³/mol. The monoisotopic (exact) mass is 283 g/mol. The molecule has 1 heterocycles. The van der Waals surface area contributed by atoms with Crippen molar-refractivity contribution in [1.29, 1.82) is 0 Å². The van der Waals surface area contributed by atoms with E-state index in [1.54, 1.807) is 14.0 Å². The van der Waals surface area contributed by atoms with Gasteiger partial charge in [-0.3, -0.25) is 14.9 Å². The number of rotatable bonds is 7. The summed E-state index contributed by atoms with van der Waals surface area (Å²) in [6.07, 6.45) is 0.100. The number of hydrogen-bond donors (Lipinski definition) is 2. The van der Waals surface area contributed by atoms with Gasteiger partial charge in [-0.2, -0.15) is 4.98 Å². The van der Waals surface area contributed by atoms with Gasteiger partial charge in [0.15, 0.2) is 0 Å². The fraction of sp³-hybridized carbons (Fsp3) is 0.545. The number of hydrogen-bond acceptors (Lipinski definition) is 8. The van der Waals surface area contributed by atoms with Crippen LogP contribution in [0, 0.1) is 17.0 Å². The molecule has 0 atom stereocenters. The van der Waals surface area contributed by atoms with E-state index in [0.29, 0.717) is 6.61 Å². The average molecular weight is 283 g/mol. The molecule has 0 aliphatic carbocycles. The highest BCUT2D eigenvalue weighted by Crippen LogP contribution is 2.26. The molecule has 0 saturated heterocycles. The molecule has 0 fully saturated rings. The minimum absolute atomic E-state index is 0.0798. The van der Waals surface area contributed by atoms with E-state index >= 15 is 0 Å². The lowest BCUT2D eigenvalue weighted by Crippen LogP contribution is -2.14. The van der Waals surface area contributed by atoms with Gasteiger partial charge in [0.25, 0.3) is 0 Å². The molecular weight excluding hydrogens is 266 g/mol. The first-order chi connectivity index (χ1) is 9.49. The Balaban J connectivity index is 2.84. The number of aryl methyl sites for hydroxylation is 1. The van der Waals surface area contributed by atoms with E-state index in [4.69, 9.17) is 4.74 Å². The van der Waals surface area contributed by atoms with Gasteiger partial charge in [0, 0.05) is 13.6 Å². The standard InChI is InChI=1S/C11H17N5O4/c1-4-20-8(17)5-6-13-10-9(16(18)19)7(2)14-11(12-3)15-10/h4-6H2,1-3H3,(H2,12,13,14,15). The fourth-order valence-electron chi connectivity index (χ4n) is 1.54. The maximum atomic E-state index is 11.2. The van der Waals surface area contributed by atoms with Crippen molar-refractivity contribution in [1.82, 2.24) is 9.97 Å². The highest BCUT2D eigenvalue weighted by atomic mass is 16.6. The van der Waals surface area contributed by atoms with Crippen LogP contribution in [0.2, 0.25) is 0 Å². The highest BCUT2D eigenvalue weighted by molar-refractivity contribution is 5.70. The van der Waals surface area contributed by atoms with E-state index in [1.165, 1.54) is 6.92 Å². The Bertz CT molecular complexity index is 506. The third kappa shape index (κ3) is 4.04. The molecule has 0 spiro atoms. The number of ether oxygens (including phenoxy) is 1. The van der Waals surface area contributed by atoms with E-state index in [2.05, 4.69) is 20.6 Å². The second-order valence-electron chi connectivity index (χ2n) is 3.82. The van der Waals surface area contributed by atoms with E-state index in [0.717, 1.165) is 0 Å². The van der Waals surface area contributed by atoms with Gasteiger partial charge < -0.3 is 15.4 Å². The number of nitrogens with one attached hydrogen (secondary N) is 2. The molecule has 0 saturated carbocycles.